The van der Waals surface area contributed by atoms with Gasteiger partial charge in [-0.2, -0.15) is 0 Å². The van der Waals surface area contributed by atoms with Gasteiger partial charge in [0.15, 0.2) is 0 Å². The molecule has 7 heteroatoms. The Hall–Kier alpha value is -3.09. The number of anilines is 2. The molecule has 29 heavy (non-hydrogen) atoms. The predicted molar refractivity (Wildman–Crippen MR) is 116 cm³/mol. The number of rotatable bonds is 7. The molecular weight excluding hydrogens is 364 g/mol. The maximum Gasteiger partial charge on any atom is 0.239 e. The highest BCUT2D eigenvalue weighted by atomic mass is 16.2. The Morgan fingerprint density at radius 1 is 1.28 bits per heavy atom. The van der Waals surface area contributed by atoms with E-state index >= 15 is 0 Å². The fourth-order valence-electron chi connectivity index (χ4n) is 4.03. The quantitative estimate of drug-likeness (QED) is 0.575. The third kappa shape index (κ3) is 4.50. The Labute approximate surface area is 170 Å². The summed E-state index contributed by atoms with van der Waals surface area (Å²) in [6.45, 7) is 4.14. The van der Waals surface area contributed by atoms with Crippen molar-refractivity contribution in [1.82, 2.24) is 20.3 Å². The molecule has 1 amide bonds. The van der Waals surface area contributed by atoms with Crippen molar-refractivity contribution < 1.29 is 4.79 Å². The first-order valence-corrected chi connectivity index (χ1v) is 10.4. The van der Waals surface area contributed by atoms with Crippen molar-refractivity contribution in [3.05, 3.63) is 48.4 Å². The lowest BCUT2D eigenvalue weighted by Crippen LogP contribution is -2.49. The number of piperidine rings is 1. The lowest BCUT2D eigenvalue weighted by Gasteiger charge is -2.34. The maximum absolute atomic E-state index is 12.5. The fraction of sp³-hybridized carbons (Fsp3) is 0.409. The first-order valence-electron chi connectivity index (χ1n) is 10.4. The Bertz CT molecular complexity index is 969. The van der Waals surface area contributed by atoms with Crippen molar-refractivity contribution in [2.24, 2.45) is 0 Å². The van der Waals surface area contributed by atoms with Crippen molar-refractivity contribution in [3.8, 4) is 0 Å². The number of carbonyl (C=O) groups excluding carboxylic acids is 1. The molecule has 0 unspecified atom stereocenters. The molecular formula is C22H28N6O. The van der Waals surface area contributed by atoms with Crippen LogP contribution in [0.4, 0.5) is 11.5 Å². The monoisotopic (exact) mass is 392 g/mol. The van der Waals surface area contributed by atoms with Gasteiger partial charge in [0.2, 0.25) is 5.91 Å². The SMILES string of the molecule is CCCc1ccccc1NCC(=O)N[C@@H]1CCCN(c2ncnc3[nH]ccc23)C1. The van der Waals surface area contributed by atoms with E-state index in [0.29, 0.717) is 0 Å². The number of nitrogens with zero attached hydrogens (tertiary/aromatic N) is 3. The van der Waals surface area contributed by atoms with Gasteiger partial charge in [-0.05, 0) is 37.0 Å². The standard InChI is InChI=1S/C22H28N6O/c1-2-6-16-7-3-4-9-19(16)24-13-20(29)27-17-8-5-12-28(14-17)22-18-10-11-23-21(18)25-15-26-22/h3-4,7,9-11,15,17,24H,2,5-6,8,12-14H2,1H3,(H,27,29)(H,23,25,26)/t17-/m1/s1. The molecule has 0 aliphatic carbocycles. The molecule has 1 fully saturated rings. The van der Waals surface area contributed by atoms with Crippen molar-refractivity contribution in [2.75, 3.05) is 29.9 Å². The van der Waals surface area contributed by atoms with Crippen molar-refractivity contribution in [1.29, 1.82) is 0 Å². The van der Waals surface area contributed by atoms with E-state index in [1.807, 2.05) is 30.5 Å². The number of para-hydroxylation sites is 1. The van der Waals surface area contributed by atoms with Crippen LogP contribution < -0.4 is 15.5 Å². The van der Waals surface area contributed by atoms with Gasteiger partial charge in [-0.25, -0.2) is 9.97 Å². The lowest BCUT2D eigenvalue weighted by atomic mass is 10.1. The third-order valence-electron chi connectivity index (χ3n) is 5.40. The van der Waals surface area contributed by atoms with Gasteiger partial charge in [0, 0.05) is 31.0 Å². The molecule has 1 saturated heterocycles. The summed E-state index contributed by atoms with van der Waals surface area (Å²) in [6.07, 6.45) is 7.57. The molecule has 1 atom stereocenters. The normalized spacial score (nSPS) is 16.7. The van der Waals surface area contributed by atoms with Crippen molar-refractivity contribution in [2.45, 2.75) is 38.6 Å². The molecule has 1 aromatic carbocycles. The highest BCUT2D eigenvalue weighted by Crippen LogP contribution is 2.25. The molecule has 7 nitrogen and oxygen atoms in total. The van der Waals surface area contributed by atoms with Crippen LogP contribution in [0.5, 0.6) is 0 Å². The van der Waals surface area contributed by atoms with E-state index in [1.54, 1.807) is 6.33 Å². The number of amides is 1. The molecule has 152 valence electrons. The number of aromatic nitrogens is 3. The number of aromatic amines is 1. The fourth-order valence-corrected chi connectivity index (χ4v) is 4.03. The van der Waals surface area contributed by atoms with Gasteiger partial charge in [0.1, 0.15) is 17.8 Å². The summed E-state index contributed by atoms with van der Waals surface area (Å²) in [5.41, 5.74) is 3.15. The van der Waals surface area contributed by atoms with Gasteiger partial charge in [-0.1, -0.05) is 31.5 Å². The molecule has 3 heterocycles. The number of H-pyrrole nitrogens is 1. The van der Waals surface area contributed by atoms with Crippen LogP contribution in [0.15, 0.2) is 42.9 Å². The number of benzene rings is 1. The largest absolute Gasteiger partial charge is 0.376 e. The summed E-state index contributed by atoms with van der Waals surface area (Å²) in [7, 11) is 0. The zero-order chi connectivity index (χ0) is 20.1. The third-order valence-corrected chi connectivity index (χ3v) is 5.40. The minimum absolute atomic E-state index is 0.0256. The molecule has 1 aliphatic heterocycles. The van der Waals surface area contributed by atoms with Crippen LogP contribution in [-0.4, -0.2) is 46.5 Å². The van der Waals surface area contributed by atoms with Gasteiger partial charge in [-0.3, -0.25) is 4.79 Å². The Morgan fingerprint density at radius 3 is 3.07 bits per heavy atom. The Kier molecular flexibility index (Phi) is 5.93. The number of fused-ring (bicyclic) bond motifs is 1. The summed E-state index contributed by atoms with van der Waals surface area (Å²) in [5, 5.41) is 7.51. The summed E-state index contributed by atoms with van der Waals surface area (Å²) in [4.78, 5) is 26.7. The van der Waals surface area contributed by atoms with Crippen LogP contribution in [0.2, 0.25) is 0 Å². The molecule has 4 rings (SSSR count). The van der Waals surface area contributed by atoms with E-state index in [-0.39, 0.29) is 18.5 Å². The van der Waals surface area contributed by atoms with Gasteiger partial charge in [-0.15, -0.1) is 0 Å². The molecule has 0 saturated carbocycles. The number of hydrogen-bond donors (Lipinski definition) is 3. The molecule has 3 N–H and O–H groups in total. The molecule has 2 aromatic heterocycles. The van der Waals surface area contributed by atoms with Crippen LogP contribution in [0.25, 0.3) is 11.0 Å². The second-order valence-corrected chi connectivity index (χ2v) is 7.55. The van der Waals surface area contributed by atoms with E-state index < -0.39 is 0 Å². The maximum atomic E-state index is 12.5. The molecule has 3 aromatic rings. The van der Waals surface area contributed by atoms with Gasteiger partial charge in [0.05, 0.1) is 11.9 Å². The number of carbonyl (C=O) groups is 1. The van der Waals surface area contributed by atoms with Crippen LogP contribution in [0.3, 0.4) is 0 Å². The van der Waals surface area contributed by atoms with E-state index in [9.17, 15) is 4.79 Å². The van der Waals surface area contributed by atoms with E-state index in [1.165, 1.54) is 5.56 Å². The number of aryl methyl sites for hydroxylation is 1. The minimum atomic E-state index is 0.0256. The van der Waals surface area contributed by atoms with Gasteiger partial charge in [0.25, 0.3) is 0 Å². The highest BCUT2D eigenvalue weighted by molar-refractivity contribution is 5.87. The van der Waals surface area contributed by atoms with Crippen molar-refractivity contribution in [3.63, 3.8) is 0 Å². The molecule has 0 radical (unpaired) electrons. The van der Waals surface area contributed by atoms with Crippen LogP contribution in [0.1, 0.15) is 31.7 Å². The Balaban J connectivity index is 1.35. The average molecular weight is 393 g/mol. The summed E-state index contributed by atoms with van der Waals surface area (Å²) in [6, 6.07) is 10.3. The number of nitrogens with one attached hydrogen (secondary N) is 3. The average Bonchev–Trinajstić information content (AvgIpc) is 3.22. The van der Waals surface area contributed by atoms with Gasteiger partial charge < -0.3 is 20.5 Å². The molecule has 0 bridgehead atoms. The van der Waals surface area contributed by atoms with Crippen molar-refractivity contribution >= 4 is 28.4 Å². The summed E-state index contributed by atoms with van der Waals surface area (Å²) < 4.78 is 0. The summed E-state index contributed by atoms with van der Waals surface area (Å²) >= 11 is 0. The van der Waals surface area contributed by atoms with Crippen LogP contribution in [0, 0.1) is 0 Å². The Morgan fingerprint density at radius 2 is 2.17 bits per heavy atom. The van der Waals surface area contributed by atoms with Gasteiger partial charge >= 0.3 is 0 Å². The lowest BCUT2D eigenvalue weighted by molar-refractivity contribution is -0.120. The predicted octanol–water partition coefficient (Wildman–Crippen LogP) is 3.11. The highest BCUT2D eigenvalue weighted by Gasteiger charge is 2.23. The first kappa shape index (κ1) is 19.2. The second kappa shape index (κ2) is 8.94. The van der Waals surface area contributed by atoms with Crippen LogP contribution in [-0.2, 0) is 11.2 Å². The van der Waals surface area contributed by atoms with E-state index in [2.05, 4.69) is 43.5 Å². The zero-order valence-corrected chi connectivity index (χ0v) is 16.8. The molecule has 0 spiro atoms. The van der Waals surface area contributed by atoms with E-state index in [4.69, 9.17) is 0 Å². The zero-order valence-electron chi connectivity index (χ0n) is 16.8. The topological polar surface area (TPSA) is 85.9 Å². The minimum Gasteiger partial charge on any atom is -0.376 e. The summed E-state index contributed by atoms with van der Waals surface area (Å²) in [5.74, 6) is 0.958. The first-order chi connectivity index (χ1) is 14.2. The van der Waals surface area contributed by atoms with E-state index in [0.717, 1.165) is 61.3 Å². The molecule has 1 aliphatic rings. The second-order valence-electron chi connectivity index (χ2n) is 7.55. The smallest absolute Gasteiger partial charge is 0.239 e. The number of hydrogen-bond acceptors (Lipinski definition) is 5. The van der Waals surface area contributed by atoms with Crippen LogP contribution >= 0.6 is 0 Å².